The third kappa shape index (κ3) is 4.68. The van der Waals surface area contributed by atoms with E-state index in [-0.39, 0.29) is 17.8 Å². The molecule has 0 amide bonds. The van der Waals surface area contributed by atoms with E-state index in [2.05, 4.69) is 5.32 Å². The van der Waals surface area contributed by atoms with Gasteiger partial charge in [0, 0.05) is 22.5 Å². The maximum absolute atomic E-state index is 13.8. The van der Waals surface area contributed by atoms with Crippen molar-refractivity contribution >= 4 is 17.7 Å². The minimum atomic E-state index is -0.928. The molecule has 1 aromatic rings. The SMILES string of the molecule is CCOc1ccccc1[C@H]1C(C(=O)O[C@@H](C)CC)=C(C)NC2=C1C(=O)[C@@H](C(=O)OC)[C@@H](C)C2. The number of esters is 2. The Morgan fingerprint density at radius 1 is 1.21 bits per heavy atom. The molecule has 0 radical (unpaired) electrons. The Morgan fingerprint density at radius 3 is 2.55 bits per heavy atom. The van der Waals surface area contributed by atoms with Crippen LogP contribution in [-0.2, 0) is 23.9 Å². The molecule has 1 aliphatic heterocycles. The van der Waals surface area contributed by atoms with Crippen LogP contribution in [0.5, 0.6) is 5.75 Å². The first-order valence-electron chi connectivity index (χ1n) is 11.5. The molecule has 0 saturated heterocycles. The lowest BCUT2D eigenvalue weighted by molar-refractivity contribution is -0.151. The van der Waals surface area contributed by atoms with Gasteiger partial charge in [0.15, 0.2) is 5.78 Å². The zero-order chi connectivity index (χ0) is 24.3. The Kier molecular flexibility index (Phi) is 7.61. The third-order valence-corrected chi connectivity index (χ3v) is 6.38. The minimum Gasteiger partial charge on any atom is -0.494 e. The summed E-state index contributed by atoms with van der Waals surface area (Å²) in [5.41, 5.74) is 2.80. The predicted molar refractivity (Wildman–Crippen MR) is 123 cm³/mol. The van der Waals surface area contributed by atoms with Crippen molar-refractivity contribution in [3.8, 4) is 5.75 Å². The number of dihydropyridines is 1. The highest BCUT2D eigenvalue weighted by Gasteiger charge is 2.47. The highest BCUT2D eigenvalue weighted by Crippen LogP contribution is 2.47. The van der Waals surface area contributed by atoms with Crippen LogP contribution < -0.4 is 10.1 Å². The molecule has 0 fully saturated rings. The standard InChI is InChI=1S/C26H33NO6/c1-7-15(4)33-26(30)21-16(5)27-18-13-14(3)20(25(29)31-6)24(28)23(18)22(21)17-11-9-10-12-19(17)32-8-2/h9-12,14-15,20,22,27H,7-8,13H2,1-6H3/t14-,15-,20-,22-/m0/s1. The number of nitrogens with one attached hydrogen (secondary N) is 1. The van der Waals surface area contributed by atoms with E-state index >= 15 is 0 Å². The van der Waals surface area contributed by atoms with Crippen molar-refractivity contribution in [1.29, 1.82) is 0 Å². The zero-order valence-corrected chi connectivity index (χ0v) is 20.2. The first-order valence-corrected chi connectivity index (χ1v) is 11.5. The van der Waals surface area contributed by atoms with Gasteiger partial charge in [0.2, 0.25) is 0 Å². The van der Waals surface area contributed by atoms with Crippen molar-refractivity contribution in [2.75, 3.05) is 13.7 Å². The summed E-state index contributed by atoms with van der Waals surface area (Å²) in [7, 11) is 1.28. The van der Waals surface area contributed by atoms with Gasteiger partial charge < -0.3 is 19.5 Å². The van der Waals surface area contributed by atoms with Gasteiger partial charge in [-0.25, -0.2) is 4.79 Å². The Morgan fingerprint density at radius 2 is 1.91 bits per heavy atom. The van der Waals surface area contributed by atoms with Gasteiger partial charge in [0.1, 0.15) is 11.7 Å². The molecule has 0 bridgehead atoms. The van der Waals surface area contributed by atoms with Gasteiger partial charge >= 0.3 is 11.9 Å². The van der Waals surface area contributed by atoms with E-state index in [9.17, 15) is 14.4 Å². The molecule has 0 spiro atoms. The molecule has 0 aromatic heterocycles. The molecule has 7 heteroatoms. The first kappa shape index (κ1) is 24.6. The summed E-state index contributed by atoms with van der Waals surface area (Å²) in [4.78, 5) is 39.6. The minimum absolute atomic E-state index is 0.236. The second-order valence-electron chi connectivity index (χ2n) is 8.63. The molecule has 178 valence electrons. The second-order valence-corrected chi connectivity index (χ2v) is 8.63. The van der Waals surface area contributed by atoms with Crippen LogP contribution in [0.25, 0.3) is 0 Å². The van der Waals surface area contributed by atoms with Crippen molar-refractivity contribution in [1.82, 2.24) is 5.32 Å². The number of ketones is 1. The van der Waals surface area contributed by atoms with Crippen LogP contribution >= 0.6 is 0 Å². The fourth-order valence-electron chi connectivity index (χ4n) is 4.60. The number of para-hydroxylation sites is 1. The Balaban J connectivity index is 2.21. The summed E-state index contributed by atoms with van der Waals surface area (Å²) < 4.78 is 16.5. The lowest BCUT2D eigenvalue weighted by Crippen LogP contribution is -2.43. The lowest BCUT2D eigenvalue weighted by Gasteiger charge is -2.38. The van der Waals surface area contributed by atoms with Crippen molar-refractivity contribution in [2.24, 2.45) is 11.8 Å². The Bertz CT molecular complexity index is 1010. The van der Waals surface area contributed by atoms with Gasteiger partial charge in [-0.1, -0.05) is 32.0 Å². The average Bonchev–Trinajstić information content (AvgIpc) is 2.78. The number of hydrogen-bond donors (Lipinski definition) is 1. The van der Waals surface area contributed by atoms with Crippen molar-refractivity contribution in [2.45, 2.75) is 59.5 Å². The number of carbonyl (C=O) groups excluding carboxylic acids is 3. The molecular formula is C26H33NO6. The van der Waals surface area contributed by atoms with E-state index in [1.807, 2.05) is 58.9 Å². The number of hydrogen-bond acceptors (Lipinski definition) is 7. The highest BCUT2D eigenvalue weighted by atomic mass is 16.5. The largest absolute Gasteiger partial charge is 0.494 e. The Labute approximate surface area is 195 Å². The normalized spacial score (nSPS) is 23.5. The average molecular weight is 456 g/mol. The zero-order valence-electron chi connectivity index (χ0n) is 20.2. The van der Waals surface area contributed by atoms with E-state index < -0.39 is 23.8 Å². The van der Waals surface area contributed by atoms with Gasteiger partial charge in [0.25, 0.3) is 0 Å². The van der Waals surface area contributed by atoms with Crippen LogP contribution in [0.4, 0.5) is 0 Å². The molecule has 1 N–H and O–H groups in total. The van der Waals surface area contributed by atoms with Gasteiger partial charge in [-0.3, -0.25) is 9.59 Å². The monoisotopic (exact) mass is 455 g/mol. The van der Waals surface area contributed by atoms with Crippen LogP contribution in [0.1, 0.15) is 58.9 Å². The van der Waals surface area contributed by atoms with Gasteiger partial charge in [-0.2, -0.15) is 0 Å². The number of Topliss-reactive ketones (excluding diaryl/α,β-unsaturated/α-hetero) is 1. The summed E-state index contributed by atoms with van der Waals surface area (Å²) in [6, 6.07) is 7.37. The van der Waals surface area contributed by atoms with E-state index in [0.717, 1.165) is 5.70 Å². The van der Waals surface area contributed by atoms with Crippen LogP contribution in [-0.4, -0.2) is 37.5 Å². The summed E-state index contributed by atoms with van der Waals surface area (Å²) in [5.74, 6) is -2.68. The molecule has 1 aromatic carbocycles. The number of rotatable bonds is 7. The molecular weight excluding hydrogens is 422 g/mol. The Hall–Kier alpha value is -3.09. The third-order valence-electron chi connectivity index (χ3n) is 6.38. The van der Waals surface area contributed by atoms with Crippen molar-refractivity contribution < 1.29 is 28.6 Å². The van der Waals surface area contributed by atoms with Crippen molar-refractivity contribution in [3.05, 3.63) is 52.4 Å². The predicted octanol–water partition coefficient (Wildman–Crippen LogP) is 4.04. The summed E-state index contributed by atoms with van der Waals surface area (Å²) in [6.07, 6.45) is 0.875. The molecule has 0 saturated carbocycles. The van der Waals surface area contributed by atoms with E-state index in [1.165, 1.54) is 7.11 Å². The smallest absolute Gasteiger partial charge is 0.337 e. The topological polar surface area (TPSA) is 90.9 Å². The van der Waals surface area contributed by atoms with E-state index in [1.54, 1.807) is 0 Å². The summed E-state index contributed by atoms with van der Waals surface area (Å²) in [5, 5.41) is 3.27. The van der Waals surface area contributed by atoms with Crippen LogP contribution in [0, 0.1) is 11.8 Å². The van der Waals surface area contributed by atoms with Gasteiger partial charge in [-0.15, -0.1) is 0 Å². The van der Waals surface area contributed by atoms with Crippen LogP contribution in [0.3, 0.4) is 0 Å². The molecule has 7 nitrogen and oxygen atoms in total. The van der Waals surface area contributed by atoms with Crippen LogP contribution in [0.2, 0.25) is 0 Å². The van der Waals surface area contributed by atoms with Crippen molar-refractivity contribution in [3.63, 3.8) is 0 Å². The van der Waals surface area contributed by atoms with Gasteiger partial charge in [0.05, 0.1) is 31.3 Å². The summed E-state index contributed by atoms with van der Waals surface area (Å²) >= 11 is 0. The number of allylic oxidation sites excluding steroid dienone is 3. The highest BCUT2D eigenvalue weighted by molar-refractivity contribution is 6.12. The van der Waals surface area contributed by atoms with Crippen LogP contribution in [0.15, 0.2) is 46.8 Å². The van der Waals surface area contributed by atoms with E-state index in [0.29, 0.717) is 47.6 Å². The molecule has 1 aliphatic carbocycles. The lowest BCUT2D eigenvalue weighted by atomic mass is 9.69. The molecule has 2 aliphatic rings. The molecule has 3 rings (SSSR count). The number of benzene rings is 1. The maximum Gasteiger partial charge on any atom is 0.337 e. The fourth-order valence-corrected chi connectivity index (χ4v) is 4.60. The maximum atomic E-state index is 13.8. The summed E-state index contributed by atoms with van der Waals surface area (Å²) in [6.45, 7) is 9.75. The molecule has 4 atom stereocenters. The van der Waals surface area contributed by atoms with Gasteiger partial charge in [-0.05, 0) is 45.6 Å². The second kappa shape index (κ2) is 10.2. The quantitative estimate of drug-likeness (QED) is 0.490. The number of ether oxygens (including phenoxy) is 3. The fraction of sp³-hybridized carbons (Fsp3) is 0.500. The first-order chi connectivity index (χ1) is 15.7. The molecule has 1 heterocycles. The number of carbonyl (C=O) groups is 3. The molecule has 0 unspecified atom stereocenters. The number of methoxy groups -OCH3 is 1. The molecule has 33 heavy (non-hydrogen) atoms. The van der Waals surface area contributed by atoms with E-state index in [4.69, 9.17) is 14.2 Å².